The highest BCUT2D eigenvalue weighted by Crippen LogP contribution is 2.32. The van der Waals surface area contributed by atoms with Crippen LogP contribution in [-0.4, -0.2) is 22.7 Å². The molecular weight excluding hydrogens is 290 g/mol. The Bertz CT molecular complexity index is 466. The molecule has 17 heavy (non-hydrogen) atoms. The molecule has 90 valence electrons. The minimum absolute atomic E-state index is 0.304. The Labute approximate surface area is 106 Å². The highest BCUT2D eigenvalue weighted by molar-refractivity contribution is 9.10. The molecule has 1 aliphatic heterocycles. The second kappa shape index (κ2) is 4.10. The van der Waals surface area contributed by atoms with Gasteiger partial charge >= 0.3 is 11.9 Å². The Balaban J connectivity index is 2.38. The van der Waals surface area contributed by atoms with Gasteiger partial charge in [-0.25, -0.2) is 0 Å². The Morgan fingerprint density at radius 2 is 1.88 bits per heavy atom. The number of aromatic nitrogens is 1. The average molecular weight is 300 g/mol. The zero-order valence-corrected chi connectivity index (χ0v) is 10.9. The summed E-state index contributed by atoms with van der Waals surface area (Å²) in [5, 5.41) is 0. The molecule has 2 rings (SSSR count). The lowest BCUT2D eigenvalue weighted by Gasteiger charge is -2.32. The van der Waals surface area contributed by atoms with Crippen molar-refractivity contribution in [2.45, 2.75) is 25.6 Å². The molecule has 0 aromatic carbocycles. The van der Waals surface area contributed by atoms with Crippen molar-refractivity contribution < 1.29 is 19.1 Å². The van der Waals surface area contributed by atoms with Gasteiger partial charge in [0.2, 0.25) is 0 Å². The maximum atomic E-state index is 11.8. The summed E-state index contributed by atoms with van der Waals surface area (Å²) < 4.78 is 10.6. The molecule has 1 aliphatic rings. The van der Waals surface area contributed by atoms with Gasteiger partial charge in [-0.15, -0.1) is 0 Å². The Kier molecular flexibility index (Phi) is 2.91. The van der Waals surface area contributed by atoms with Crippen LogP contribution in [0.3, 0.4) is 0 Å². The third kappa shape index (κ3) is 2.31. The summed E-state index contributed by atoms with van der Waals surface area (Å²) in [5.74, 6) is -3.64. The van der Waals surface area contributed by atoms with E-state index in [4.69, 9.17) is 9.47 Å². The summed E-state index contributed by atoms with van der Waals surface area (Å²) in [7, 11) is 0. The number of carbonyl (C=O) groups is 2. The maximum absolute atomic E-state index is 11.8. The lowest BCUT2D eigenvalue weighted by Crippen LogP contribution is -2.45. The lowest BCUT2D eigenvalue weighted by atomic mass is 10.0. The molecule has 0 N–H and O–H groups in total. The topological polar surface area (TPSA) is 65.5 Å². The standard InChI is InChI=1S/C11H10BrNO4/c1-11(2)16-9(14)7(10(15)17-11)8-6(12)4-3-5-13-8/h3-5,7H,1-2H3. The van der Waals surface area contributed by atoms with E-state index in [-0.39, 0.29) is 0 Å². The highest BCUT2D eigenvalue weighted by Gasteiger charge is 2.45. The number of carbonyl (C=O) groups excluding carboxylic acids is 2. The molecule has 0 unspecified atom stereocenters. The van der Waals surface area contributed by atoms with E-state index in [1.165, 1.54) is 20.0 Å². The highest BCUT2D eigenvalue weighted by atomic mass is 79.9. The molecule has 1 saturated heterocycles. The van der Waals surface area contributed by atoms with Crippen molar-refractivity contribution in [1.82, 2.24) is 4.98 Å². The minimum Gasteiger partial charge on any atom is -0.422 e. The van der Waals surface area contributed by atoms with Crippen molar-refractivity contribution in [2.75, 3.05) is 0 Å². The van der Waals surface area contributed by atoms with Crippen LogP contribution >= 0.6 is 15.9 Å². The predicted molar refractivity (Wildman–Crippen MR) is 60.9 cm³/mol. The largest absolute Gasteiger partial charge is 0.422 e. The number of cyclic esters (lactones) is 2. The molecule has 1 aromatic rings. The molecule has 0 bridgehead atoms. The first-order valence-electron chi connectivity index (χ1n) is 4.97. The number of halogens is 1. The predicted octanol–water partition coefficient (Wildman–Crippen LogP) is 1.76. The minimum atomic E-state index is -1.22. The molecule has 0 aliphatic carbocycles. The van der Waals surface area contributed by atoms with Gasteiger partial charge in [-0.2, -0.15) is 0 Å². The molecule has 1 fully saturated rings. The third-order valence-corrected chi connectivity index (χ3v) is 2.90. The number of rotatable bonds is 1. The molecule has 0 radical (unpaired) electrons. The zero-order chi connectivity index (χ0) is 12.6. The van der Waals surface area contributed by atoms with E-state index in [1.807, 2.05) is 0 Å². The second-order valence-electron chi connectivity index (χ2n) is 4.05. The van der Waals surface area contributed by atoms with E-state index < -0.39 is 23.6 Å². The maximum Gasteiger partial charge on any atom is 0.329 e. The van der Waals surface area contributed by atoms with Gasteiger partial charge in [0.05, 0.1) is 5.69 Å². The van der Waals surface area contributed by atoms with E-state index in [9.17, 15) is 9.59 Å². The molecule has 0 amide bonds. The Hall–Kier alpha value is -1.43. The van der Waals surface area contributed by atoms with Crippen molar-refractivity contribution in [1.29, 1.82) is 0 Å². The molecule has 0 saturated carbocycles. The number of pyridine rings is 1. The van der Waals surface area contributed by atoms with Gasteiger partial charge in [0, 0.05) is 24.5 Å². The molecule has 2 heterocycles. The number of ether oxygens (including phenoxy) is 2. The van der Waals surface area contributed by atoms with E-state index in [0.717, 1.165) is 0 Å². The first-order chi connectivity index (χ1) is 7.91. The number of nitrogens with zero attached hydrogens (tertiary/aromatic N) is 1. The van der Waals surface area contributed by atoms with Crippen molar-refractivity contribution in [3.05, 3.63) is 28.5 Å². The lowest BCUT2D eigenvalue weighted by molar-refractivity contribution is -0.234. The number of hydrogen-bond acceptors (Lipinski definition) is 5. The van der Waals surface area contributed by atoms with Crippen LogP contribution in [0.25, 0.3) is 0 Å². The van der Waals surface area contributed by atoms with Gasteiger partial charge in [-0.1, -0.05) is 0 Å². The van der Waals surface area contributed by atoms with E-state index in [0.29, 0.717) is 10.2 Å². The van der Waals surface area contributed by atoms with Crippen LogP contribution in [0.1, 0.15) is 25.5 Å². The van der Waals surface area contributed by atoms with Gasteiger partial charge in [-0.3, -0.25) is 14.6 Å². The van der Waals surface area contributed by atoms with Crippen LogP contribution in [0.2, 0.25) is 0 Å². The van der Waals surface area contributed by atoms with Crippen molar-refractivity contribution in [3.8, 4) is 0 Å². The Morgan fingerprint density at radius 3 is 2.41 bits per heavy atom. The van der Waals surface area contributed by atoms with Crippen LogP contribution in [0.4, 0.5) is 0 Å². The first kappa shape index (κ1) is 12.0. The summed E-state index contributed by atoms with van der Waals surface area (Å²) in [5.41, 5.74) is 0.304. The van der Waals surface area contributed by atoms with Crippen molar-refractivity contribution in [3.63, 3.8) is 0 Å². The average Bonchev–Trinajstić information content (AvgIpc) is 2.17. The summed E-state index contributed by atoms with van der Waals surface area (Å²) in [6, 6.07) is 3.39. The van der Waals surface area contributed by atoms with Crippen LogP contribution in [0, 0.1) is 0 Å². The number of esters is 2. The fourth-order valence-electron chi connectivity index (χ4n) is 1.55. The molecule has 1 aromatic heterocycles. The van der Waals surface area contributed by atoms with Crippen LogP contribution < -0.4 is 0 Å². The molecule has 0 atom stereocenters. The van der Waals surface area contributed by atoms with Crippen molar-refractivity contribution >= 4 is 27.9 Å². The van der Waals surface area contributed by atoms with Crippen LogP contribution in [0.15, 0.2) is 22.8 Å². The zero-order valence-electron chi connectivity index (χ0n) is 9.27. The van der Waals surface area contributed by atoms with Gasteiger partial charge in [-0.05, 0) is 28.1 Å². The summed E-state index contributed by atoms with van der Waals surface area (Å²) in [4.78, 5) is 27.6. The monoisotopic (exact) mass is 299 g/mol. The van der Waals surface area contributed by atoms with E-state index >= 15 is 0 Å². The van der Waals surface area contributed by atoms with Crippen LogP contribution in [-0.2, 0) is 19.1 Å². The van der Waals surface area contributed by atoms with Crippen molar-refractivity contribution in [2.24, 2.45) is 0 Å². The van der Waals surface area contributed by atoms with Gasteiger partial charge in [0.15, 0.2) is 5.92 Å². The molecular formula is C11H10BrNO4. The summed E-state index contributed by atoms with van der Waals surface area (Å²) in [6.07, 6.45) is 1.50. The third-order valence-electron chi connectivity index (χ3n) is 2.22. The van der Waals surface area contributed by atoms with E-state index in [1.54, 1.807) is 12.1 Å². The molecule has 5 nitrogen and oxygen atoms in total. The fraction of sp³-hybridized carbons (Fsp3) is 0.364. The molecule has 6 heteroatoms. The van der Waals surface area contributed by atoms with Crippen LogP contribution in [0.5, 0.6) is 0 Å². The van der Waals surface area contributed by atoms with Gasteiger partial charge in [0.1, 0.15) is 0 Å². The first-order valence-corrected chi connectivity index (χ1v) is 5.76. The summed E-state index contributed by atoms with van der Waals surface area (Å²) >= 11 is 3.24. The Morgan fingerprint density at radius 1 is 1.29 bits per heavy atom. The molecule has 0 spiro atoms. The smallest absolute Gasteiger partial charge is 0.329 e. The normalized spacial score (nSPS) is 19.7. The SMILES string of the molecule is CC1(C)OC(=O)C(c2ncccc2Br)C(=O)O1. The second-order valence-corrected chi connectivity index (χ2v) is 4.90. The quantitative estimate of drug-likeness (QED) is 0.584. The fourth-order valence-corrected chi connectivity index (χ4v) is 2.04. The van der Waals surface area contributed by atoms with Gasteiger partial charge < -0.3 is 9.47 Å². The number of hydrogen-bond donors (Lipinski definition) is 0. The van der Waals surface area contributed by atoms with E-state index in [2.05, 4.69) is 20.9 Å². The van der Waals surface area contributed by atoms with Gasteiger partial charge in [0.25, 0.3) is 5.79 Å². The summed E-state index contributed by atoms with van der Waals surface area (Å²) in [6.45, 7) is 3.01.